The van der Waals surface area contributed by atoms with E-state index in [9.17, 15) is 9.59 Å². The molecule has 0 fully saturated rings. The third kappa shape index (κ3) is 3.68. The topological polar surface area (TPSA) is 74.6 Å². The molecular weight excluding hydrogens is 244 g/mol. The first-order valence-electron chi connectivity index (χ1n) is 6.08. The van der Waals surface area contributed by atoms with Crippen molar-refractivity contribution >= 4 is 11.9 Å². The van der Waals surface area contributed by atoms with Gasteiger partial charge in [0.25, 0.3) is 0 Å². The Balaban J connectivity index is 3.23. The molecule has 0 atom stereocenters. The number of rotatable bonds is 5. The number of carbonyl (C=O) groups is 2. The van der Waals surface area contributed by atoms with Gasteiger partial charge in [0.15, 0.2) is 0 Å². The SMILES string of the molecule is C/C(C(=O)O)=C(\Cc1ccccc1C(C)C)C(=O)O. The molecule has 0 amide bonds. The van der Waals surface area contributed by atoms with E-state index in [4.69, 9.17) is 10.2 Å². The molecule has 19 heavy (non-hydrogen) atoms. The zero-order chi connectivity index (χ0) is 14.6. The molecule has 0 radical (unpaired) electrons. The highest BCUT2D eigenvalue weighted by Gasteiger charge is 2.18. The molecule has 0 unspecified atom stereocenters. The Bertz CT molecular complexity index is 527. The van der Waals surface area contributed by atoms with Gasteiger partial charge in [-0.3, -0.25) is 0 Å². The van der Waals surface area contributed by atoms with Crippen LogP contribution in [0.3, 0.4) is 0 Å². The maximum atomic E-state index is 11.2. The fourth-order valence-corrected chi connectivity index (χ4v) is 1.95. The Morgan fingerprint density at radius 1 is 1.11 bits per heavy atom. The van der Waals surface area contributed by atoms with E-state index in [0.29, 0.717) is 0 Å². The standard InChI is InChI=1S/C15H18O4/c1-9(2)12-7-5-4-6-11(12)8-13(15(18)19)10(3)14(16)17/h4-7,9H,8H2,1-3H3,(H,16,17)(H,18,19)/b13-10-. The lowest BCUT2D eigenvalue weighted by Crippen LogP contribution is -2.12. The fraction of sp³-hybridized carbons (Fsp3) is 0.333. The third-order valence-corrected chi connectivity index (χ3v) is 3.08. The van der Waals surface area contributed by atoms with E-state index in [1.807, 2.05) is 38.1 Å². The van der Waals surface area contributed by atoms with Crippen LogP contribution in [-0.4, -0.2) is 22.2 Å². The molecule has 0 aromatic heterocycles. The van der Waals surface area contributed by atoms with Crippen LogP contribution in [0.25, 0.3) is 0 Å². The van der Waals surface area contributed by atoms with Gasteiger partial charge in [0, 0.05) is 12.0 Å². The number of carboxylic acids is 2. The van der Waals surface area contributed by atoms with Gasteiger partial charge in [0.2, 0.25) is 0 Å². The van der Waals surface area contributed by atoms with Crippen molar-refractivity contribution < 1.29 is 19.8 Å². The number of hydrogen-bond donors (Lipinski definition) is 2. The first-order valence-corrected chi connectivity index (χ1v) is 6.08. The summed E-state index contributed by atoms with van der Waals surface area (Å²) in [5.74, 6) is -2.12. The number of benzene rings is 1. The molecule has 0 spiro atoms. The molecule has 1 rings (SSSR count). The summed E-state index contributed by atoms with van der Waals surface area (Å²) in [6, 6.07) is 7.51. The minimum atomic E-state index is -1.19. The first-order chi connectivity index (χ1) is 8.84. The van der Waals surface area contributed by atoms with Gasteiger partial charge in [0.05, 0.1) is 5.57 Å². The second-order valence-electron chi connectivity index (χ2n) is 4.74. The van der Waals surface area contributed by atoms with E-state index in [0.717, 1.165) is 11.1 Å². The summed E-state index contributed by atoms with van der Waals surface area (Å²) >= 11 is 0. The lowest BCUT2D eigenvalue weighted by Gasteiger charge is -2.13. The third-order valence-electron chi connectivity index (χ3n) is 3.08. The van der Waals surface area contributed by atoms with Crippen molar-refractivity contribution in [2.24, 2.45) is 0 Å². The van der Waals surface area contributed by atoms with Crippen LogP contribution in [-0.2, 0) is 16.0 Å². The number of hydrogen-bond acceptors (Lipinski definition) is 2. The van der Waals surface area contributed by atoms with Crippen molar-refractivity contribution in [3.8, 4) is 0 Å². The molecule has 0 aliphatic rings. The zero-order valence-corrected chi connectivity index (χ0v) is 11.3. The molecule has 0 saturated heterocycles. The van der Waals surface area contributed by atoms with Gasteiger partial charge < -0.3 is 10.2 Å². The van der Waals surface area contributed by atoms with E-state index >= 15 is 0 Å². The largest absolute Gasteiger partial charge is 0.478 e. The predicted molar refractivity (Wildman–Crippen MR) is 72.2 cm³/mol. The Morgan fingerprint density at radius 3 is 2.16 bits per heavy atom. The Morgan fingerprint density at radius 2 is 1.68 bits per heavy atom. The molecule has 0 bridgehead atoms. The van der Waals surface area contributed by atoms with E-state index in [-0.39, 0.29) is 23.5 Å². The van der Waals surface area contributed by atoms with Gasteiger partial charge in [-0.1, -0.05) is 38.1 Å². The molecule has 4 heteroatoms. The van der Waals surface area contributed by atoms with Crippen molar-refractivity contribution in [3.05, 3.63) is 46.5 Å². The van der Waals surface area contributed by atoms with Crippen LogP contribution in [0.1, 0.15) is 37.8 Å². The maximum Gasteiger partial charge on any atom is 0.332 e. The van der Waals surface area contributed by atoms with Gasteiger partial charge in [-0.15, -0.1) is 0 Å². The Hall–Kier alpha value is -2.10. The predicted octanol–water partition coefficient (Wildman–Crippen LogP) is 2.84. The van der Waals surface area contributed by atoms with Crippen molar-refractivity contribution in [2.45, 2.75) is 33.1 Å². The maximum absolute atomic E-state index is 11.2. The summed E-state index contributed by atoms with van der Waals surface area (Å²) in [4.78, 5) is 22.1. The van der Waals surface area contributed by atoms with Crippen molar-refractivity contribution in [1.82, 2.24) is 0 Å². The molecule has 0 aliphatic heterocycles. The number of aliphatic carboxylic acids is 2. The van der Waals surface area contributed by atoms with Crippen LogP contribution in [0.4, 0.5) is 0 Å². The minimum Gasteiger partial charge on any atom is -0.478 e. The van der Waals surface area contributed by atoms with Gasteiger partial charge >= 0.3 is 11.9 Å². The van der Waals surface area contributed by atoms with Crippen LogP contribution >= 0.6 is 0 Å². The van der Waals surface area contributed by atoms with Crippen LogP contribution in [0, 0.1) is 0 Å². The van der Waals surface area contributed by atoms with Crippen molar-refractivity contribution in [3.63, 3.8) is 0 Å². The monoisotopic (exact) mass is 262 g/mol. The van der Waals surface area contributed by atoms with E-state index in [1.54, 1.807) is 0 Å². The normalized spacial score (nSPS) is 12.2. The molecule has 1 aromatic carbocycles. The van der Waals surface area contributed by atoms with E-state index < -0.39 is 11.9 Å². The quantitative estimate of drug-likeness (QED) is 0.800. The van der Waals surface area contributed by atoms with Crippen molar-refractivity contribution in [1.29, 1.82) is 0 Å². The first kappa shape index (κ1) is 15.0. The fourth-order valence-electron chi connectivity index (χ4n) is 1.95. The van der Waals surface area contributed by atoms with Gasteiger partial charge in [-0.05, 0) is 24.0 Å². The summed E-state index contributed by atoms with van der Waals surface area (Å²) in [5, 5.41) is 18.1. The molecule has 102 valence electrons. The Labute approximate surface area is 112 Å². The molecule has 0 saturated carbocycles. The molecule has 1 aromatic rings. The van der Waals surface area contributed by atoms with Crippen molar-refractivity contribution in [2.75, 3.05) is 0 Å². The summed E-state index contributed by atoms with van der Waals surface area (Å²) in [7, 11) is 0. The van der Waals surface area contributed by atoms with E-state index in [1.165, 1.54) is 6.92 Å². The molecule has 2 N–H and O–H groups in total. The zero-order valence-electron chi connectivity index (χ0n) is 11.3. The second-order valence-corrected chi connectivity index (χ2v) is 4.74. The molecule has 4 nitrogen and oxygen atoms in total. The smallest absolute Gasteiger partial charge is 0.332 e. The summed E-state index contributed by atoms with van der Waals surface area (Å²) in [5.41, 5.74) is 1.71. The van der Waals surface area contributed by atoms with Crippen LogP contribution in [0.2, 0.25) is 0 Å². The second kappa shape index (κ2) is 6.18. The molecule has 0 aliphatic carbocycles. The van der Waals surface area contributed by atoms with Gasteiger partial charge in [0.1, 0.15) is 0 Å². The lowest BCUT2D eigenvalue weighted by molar-refractivity contribution is -0.136. The number of carboxylic acid groups (broad SMARTS) is 2. The van der Waals surface area contributed by atoms with Crippen LogP contribution in [0.15, 0.2) is 35.4 Å². The highest BCUT2D eigenvalue weighted by atomic mass is 16.4. The van der Waals surface area contributed by atoms with Gasteiger partial charge in [-0.25, -0.2) is 9.59 Å². The lowest BCUT2D eigenvalue weighted by atomic mass is 9.91. The Kier molecular flexibility index (Phi) is 4.87. The van der Waals surface area contributed by atoms with Crippen LogP contribution < -0.4 is 0 Å². The highest BCUT2D eigenvalue weighted by molar-refractivity contribution is 5.98. The minimum absolute atomic E-state index is 0.0689. The van der Waals surface area contributed by atoms with Gasteiger partial charge in [-0.2, -0.15) is 0 Å². The average Bonchev–Trinajstić information content (AvgIpc) is 2.34. The summed E-state index contributed by atoms with van der Waals surface area (Å²) in [6.45, 7) is 5.36. The van der Waals surface area contributed by atoms with E-state index in [2.05, 4.69) is 0 Å². The molecule has 0 heterocycles. The average molecular weight is 262 g/mol. The van der Waals surface area contributed by atoms with Crippen LogP contribution in [0.5, 0.6) is 0 Å². The molecular formula is C15H18O4. The summed E-state index contributed by atoms with van der Waals surface area (Å²) < 4.78 is 0. The highest BCUT2D eigenvalue weighted by Crippen LogP contribution is 2.23. The summed E-state index contributed by atoms with van der Waals surface area (Å²) in [6.07, 6.45) is 0.127.